The van der Waals surface area contributed by atoms with Crippen molar-refractivity contribution in [3.8, 4) is 0 Å². The van der Waals surface area contributed by atoms with Crippen LogP contribution in [0.2, 0.25) is 0 Å². The maximum absolute atomic E-state index is 14.0. The van der Waals surface area contributed by atoms with Gasteiger partial charge >= 0.3 is 0 Å². The number of rotatable bonds is 2. The number of aryl methyl sites for hydroxylation is 3. The van der Waals surface area contributed by atoms with Crippen molar-refractivity contribution in [1.82, 2.24) is 0 Å². The summed E-state index contributed by atoms with van der Waals surface area (Å²) in [5.74, 6) is -0.113. The van der Waals surface area contributed by atoms with Gasteiger partial charge in [0.1, 0.15) is 5.82 Å². The molecule has 0 N–H and O–H groups in total. The van der Waals surface area contributed by atoms with Crippen molar-refractivity contribution in [3.05, 3.63) is 56.5 Å². The summed E-state index contributed by atoms with van der Waals surface area (Å²) in [6, 6.07) is 7.66. The zero-order valence-electron chi connectivity index (χ0n) is 10.1. The number of hydrogen-bond acceptors (Lipinski definition) is 1. The number of alkyl halides is 1. The average Bonchev–Trinajstić information content (AvgIpc) is 2.61. The van der Waals surface area contributed by atoms with Crippen LogP contribution in [0.1, 0.15) is 31.3 Å². The molecular weight excluding hydrogens is 299 g/mol. The van der Waals surface area contributed by atoms with Crippen LogP contribution in [0, 0.1) is 26.6 Å². The molecular formula is C14H14BrFS. The van der Waals surface area contributed by atoms with Crippen molar-refractivity contribution >= 4 is 27.3 Å². The van der Waals surface area contributed by atoms with E-state index < -0.39 is 0 Å². The van der Waals surface area contributed by atoms with E-state index in [0.717, 1.165) is 5.56 Å². The van der Waals surface area contributed by atoms with E-state index in [0.29, 0.717) is 11.1 Å². The Morgan fingerprint density at radius 3 is 2.47 bits per heavy atom. The summed E-state index contributed by atoms with van der Waals surface area (Å²) in [5, 5.41) is 0. The molecule has 0 nitrogen and oxygen atoms in total. The van der Waals surface area contributed by atoms with Crippen molar-refractivity contribution in [2.24, 2.45) is 0 Å². The standard InChI is InChI=1S/C14H14BrFS/c1-8-5-4-6-11(14(8)16)13(15)12-7-9(2)17-10(12)3/h4-7,13H,1-3H3. The minimum absolute atomic E-state index is 0.0626. The molecule has 3 heteroatoms. The summed E-state index contributed by atoms with van der Waals surface area (Å²) < 4.78 is 14.0. The molecule has 0 saturated heterocycles. The molecule has 0 spiro atoms. The lowest BCUT2D eigenvalue weighted by Crippen LogP contribution is -1.98. The molecule has 0 aliphatic rings. The fraction of sp³-hybridized carbons (Fsp3) is 0.286. The predicted molar refractivity (Wildman–Crippen MR) is 75.7 cm³/mol. The van der Waals surface area contributed by atoms with Crippen LogP contribution in [0.4, 0.5) is 4.39 Å². The first-order chi connectivity index (χ1) is 8.00. The number of thiophene rings is 1. The predicted octanol–water partition coefficient (Wildman–Crippen LogP) is 5.30. The molecule has 0 aliphatic heterocycles. The van der Waals surface area contributed by atoms with Crippen LogP contribution in [0.3, 0.4) is 0 Å². The fourth-order valence-corrected chi connectivity index (χ4v) is 3.88. The first-order valence-electron chi connectivity index (χ1n) is 5.46. The average molecular weight is 313 g/mol. The van der Waals surface area contributed by atoms with Gasteiger partial charge in [0, 0.05) is 15.3 Å². The van der Waals surface area contributed by atoms with Crippen LogP contribution >= 0.6 is 27.3 Å². The highest BCUT2D eigenvalue weighted by atomic mass is 79.9. The number of halogens is 2. The van der Waals surface area contributed by atoms with Crippen LogP contribution in [0.15, 0.2) is 24.3 Å². The second-order valence-electron chi connectivity index (χ2n) is 4.21. The molecule has 90 valence electrons. The zero-order valence-corrected chi connectivity index (χ0v) is 12.5. The van der Waals surface area contributed by atoms with Crippen LogP contribution in [-0.4, -0.2) is 0 Å². The fourth-order valence-electron chi connectivity index (χ4n) is 1.94. The second kappa shape index (κ2) is 4.91. The molecule has 0 radical (unpaired) electrons. The lowest BCUT2D eigenvalue weighted by atomic mass is 10.0. The topological polar surface area (TPSA) is 0 Å². The van der Waals surface area contributed by atoms with E-state index in [2.05, 4.69) is 35.8 Å². The molecule has 1 aromatic heterocycles. The molecule has 0 bridgehead atoms. The van der Waals surface area contributed by atoms with E-state index in [1.807, 2.05) is 12.1 Å². The largest absolute Gasteiger partial charge is 0.206 e. The van der Waals surface area contributed by atoms with Gasteiger partial charge < -0.3 is 0 Å². The number of benzene rings is 1. The van der Waals surface area contributed by atoms with Gasteiger partial charge in [-0.05, 0) is 38.0 Å². The van der Waals surface area contributed by atoms with Gasteiger partial charge in [0.15, 0.2) is 0 Å². The van der Waals surface area contributed by atoms with Crippen LogP contribution in [-0.2, 0) is 0 Å². The molecule has 17 heavy (non-hydrogen) atoms. The van der Waals surface area contributed by atoms with Crippen LogP contribution in [0.25, 0.3) is 0 Å². The summed E-state index contributed by atoms with van der Waals surface area (Å²) in [7, 11) is 0. The minimum atomic E-state index is -0.113. The summed E-state index contributed by atoms with van der Waals surface area (Å²) >= 11 is 5.36. The molecule has 1 unspecified atom stereocenters. The Hall–Kier alpha value is -0.670. The lowest BCUT2D eigenvalue weighted by Gasteiger charge is -2.12. The first kappa shape index (κ1) is 12.8. The Morgan fingerprint density at radius 2 is 1.88 bits per heavy atom. The SMILES string of the molecule is Cc1cc(C(Br)c2cccc(C)c2F)c(C)s1. The highest BCUT2D eigenvalue weighted by Gasteiger charge is 2.18. The van der Waals surface area contributed by atoms with Crippen molar-refractivity contribution < 1.29 is 4.39 Å². The smallest absolute Gasteiger partial charge is 0.130 e. The van der Waals surface area contributed by atoms with E-state index in [1.165, 1.54) is 9.75 Å². The molecule has 2 rings (SSSR count). The zero-order chi connectivity index (χ0) is 12.6. The first-order valence-corrected chi connectivity index (χ1v) is 7.20. The summed E-state index contributed by atoms with van der Waals surface area (Å²) in [6.45, 7) is 5.95. The quantitative estimate of drug-likeness (QED) is 0.660. The molecule has 0 fully saturated rings. The van der Waals surface area contributed by atoms with E-state index in [-0.39, 0.29) is 10.6 Å². The van der Waals surface area contributed by atoms with E-state index >= 15 is 0 Å². The summed E-state index contributed by atoms with van der Waals surface area (Å²) in [6.07, 6.45) is 0. The van der Waals surface area contributed by atoms with Crippen molar-refractivity contribution in [3.63, 3.8) is 0 Å². The molecule has 2 aromatic rings. The molecule has 0 saturated carbocycles. The highest BCUT2D eigenvalue weighted by Crippen LogP contribution is 2.38. The molecule has 0 amide bonds. The van der Waals surface area contributed by atoms with Gasteiger partial charge in [0.2, 0.25) is 0 Å². The van der Waals surface area contributed by atoms with Crippen molar-refractivity contribution in [2.45, 2.75) is 25.6 Å². The van der Waals surface area contributed by atoms with Gasteiger partial charge in [0.05, 0.1) is 4.83 Å². The second-order valence-corrected chi connectivity index (χ2v) is 6.59. The summed E-state index contributed by atoms with van der Waals surface area (Å²) in [4.78, 5) is 2.44. The van der Waals surface area contributed by atoms with Gasteiger partial charge in [-0.2, -0.15) is 0 Å². The van der Waals surface area contributed by atoms with Gasteiger partial charge in [-0.1, -0.05) is 34.1 Å². The molecule has 1 heterocycles. The third-order valence-electron chi connectivity index (χ3n) is 2.85. The number of hydrogen-bond donors (Lipinski definition) is 0. The van der Waals surface area contributed by atoms with E-state index in [9.17, 15) is 4.39 Å². The normalized spacial score (nSPS) is 12.8. The third-order valence-corrected chi connectivity index (χ3v) is 4.82. The minimum Gasteiger partial charge on any atom is -0.206 e. The van der Waals surface area contributed by atoms with E-state index in [4.69, 9.17) is 0 Å². The third kappa shape index (κ3) is 2.45. The lowest BCUT2D eigenvalue weighted by molar-refractivity contribution is 0.604. The highest BCUT2D eigenvalue weighted by molar-refractivity contribution is 9.09. The Bertz CT molecular complexity index is 545. The van der Waals surface area contributed by atoms with Gasteiger partial charge in [-0.3, -0.25) is 0 Å². The Labute approximate surface area is 114 Å². The monoisotopic (exact) mass is 312 g/mol. The summed E-state index contributed by atoms with van der Waals surface area (Å²) in [5.41, 5.74) is 2.57. The Morgan fingerprint density at radius 1 is 1.18 bits per heavy atom. The van der Waals surface area contributed by atoms with Crippen molar-refractivity contribution in [2.75, 3.05) is 0 Å². The molecule has 1 atom stereocenters. The molecule has 1 aromatic carbocycles. The van der Waals surface area contributed by atoms with Crippen LogP contribution in [0.5, 0.6) is 0 Å². The molecule has 0 aliphatic carbocycles. The maximum atomic E-state index is 14.0. The maximum Gasteiger partial charge on any atom is 0.130 e. The van der Waals surface area contributed by atoms with Crippen LogP contribution < -0.4 is 0 Å². The van der Waals surface area contributed by atoms with E-state index in [1.54, 1.807) is 24.3 Å². The van der Waals surface area contributed by atoms with Gasteiger partial charge in [-0.15, -0.1) is 11.3 Å². The Balaban J connectivity index is 2.47. The van der Waals surface area contributed by atoms with Gasteiger partial charge in [-0.25, -0.2) is 4.39 Å². The van der Waals surface area contributed by atoms with Crippen molar-refractivity contribution in [1.29, 1.82) is 0 Å². The van der Waals surface area contributed by atoms with Gasteiger partial charge in [0.25, 0.3) is 0 Å². The Kier molecular flexibility index (Phi) is 3.69.